The number of likely N-dealkylation sites (N-methyl/N-ethyl adjacent to an activating group) is 1. The molecule has 0 radical (unpaired) electrons. The van der Waals surface area contributed by atoms with Crippen LogP contribution in [0, 0.1) is 6.92 Å². The zero-order valence-electron chi connectivity index (χ0n) is 15.3. The average molecular weight is 366 g/mol. The van der Waals surface area contributed by atoms with Gasteiger partial charge in [0.25, 0.3) is 5.91 Å². The highest BCUT2D eigenvalue weighted by Crippen LogP contribution is 2.25. The lowest BCUT2D eigenvalue weighted by molar-refractivity contribution is 0.0946. The van der Waals surface area contributed by atoms with Gasteiger partial charge in [-0.2, -0.15) is 0 Å². The van der Waals surface area contributed by atoms with Crippen LogP contribution in [-0.2, 0) is 6.54 Å². The van der Waals surface area contributed by atoms with Gasteiger partial charge in [-0.15, -0.1) is 0 Å². The third kappa shape index (κ3) is 3.95. The molecule has 0 saturated heterocycles. The fourth-order valence-corrected chi connectivity index (χ4v) is 2.88. The topological polar surface area (TPSA) is 117 Å². The highest BCUT2D eigenvalue weighted by atomic mass is 16.3. The number of aromatic nitrogens is 3. The zero-order valence-corrected chi connectivity index (χ0v) is 15.3. The SMILES string of the molecule is Cc1cccc2cc(CNC(=O)c3nccnc3N)c(N(C)CCO)nc12. The van der Waals surface area contributed by atoms with E-state index < -0.39 is 5.91 Å². The second-order valence-corrected chi connectivity index (χ2v) is 6.24. The first-order valence-corrected chi connectivity index (χ1v) is 8.57. The Kier molecular flexibility index (Phi) is 5.46. The van der Waals surface area contributed by atoms with Crippen molar-refractivity contribution in [2.24, 2.45) is 0 Å². The largest absolute Gasteiger partial charge is 0.395 e. The Morgan fingerprint density at radius 3 is 2.81 bits per heavy atom. The first-order valence-electron chi connectivity index (χ1n) is 8.57. The molecular formula is C19H22N6O2. The second-order valence-electron chi connectivity index (χ2n) is 6.24. The predicted molar refractivity (Wildman–Crippen MR) is 104 cm³/mol. The lowest BCUT2D eigenvalue weighted by Gasteiger charge is -2.21. The van der Waals surface area contributed by atoms with Gasteiger partial charge in [0, 0.05) is 43.5 Å². The summed E-state index contributed by atoms with van der Waals surface area (Å²) in [7, 11) is 1.86. The maximum absolute atomic E-state index is 12.4. The molecule has 0 fully saturated rings. The molecular weight excluding hydrogens is 344 g/mol. The number of nitrogens with zero attached hydrogens (tertiary/aromatic N) is 4. The van der Waals surface area contributed by atoms with Crippen LogP contribution in [0.25, 0.3) is 10.9 Å². The van der Waals surface area contributed by atoms with E-state index in [2.05, 4.69) is 15.3 Å². The minimum absolute atomic E-state index is 0.00588. The van der Waals surface area contributed by atoms with E-state index in [4.69, 9.17) is 10.7 Å². The molecule has 4 N–H and O–H groups in total. The minimum Gasteiger partial charge on any atom is -0.395 e. The molecule has 0 atom stereocenters. The molecule has 140 valence electrons. The smallest absolute Gasteiger partial charge is 0.273 e. The summed E-state index contributed by atoms with van der Waals surface area (Å²) in [4.78, 5) is 26.9. The van der Waals surface area contributed by atoms with Crippen molar-refractivity contribution in [1.82, 2.24) is 20.3 Å². The van der Waals surface area contributed by atoms with Crippen LogP contribution in [0.2, 0.25) is 0 Å². The third-order valence-corrected chi connectivity index (χ3v) is 4.28. The van der Waals surface area contributed by atoms with Gasteiger partial charge >= 0.3 is 0 Å². The zero-order chi connectivity index (χ0) is 19.4. The number of benzene rings is 1. The number of para-hydroxylation sites is 1. The summed E-state index contributed by atoms with van der Waals surface area (Å²) < 4.78 is 0. The van der Waals surface area contributed by atoms with Crippen LogP contribution >= 0.6 is 0 Å². The van der Waals surface area contributed by atoms with Gasteiger partial charge in [-0.05, 0) is 18.6 Å². The Bertz CT molecular complexity index is 976. The Labute approximate surface area is 157 Å². The van der Waals surface area contributed by atoms with E-state index in [1.807, 2.05) is 43.1 Å². The Morgan fingerprint density at radius 1 is 1.30 bits per heavy atom. The number of aryl methyl sites for hydroxylation is 1. The molecule has 3 aromatic rings. The highest BCUT2D eigenvalue weighted by Gasteiger charge is 2.16. The average Bonchev–Trinajstić information content (AvgIpc) is 2.66. The molecule has 0 aliphatic rings. The van der Waals surface area contributed by atoms with E-state index in [1.165, 1.54) is 12.4 Å². The maximum Gasteiger partial charge on any atom is 0.273 e. The first-order chi connectivity index (χ1) is 13.0. The number of anilines is 2. The number of nitrogens with one attached hydrogen (secondary N) is 1. The Hall–Kier alpha value is -3.26. The van der Waals surface area contributed by atoms with E-state index >= 15 is 0 Å². The molecule has 8 nitrogen and oxygen atoms in total. The molecule has 0 unspecified atom stereocenters. The quantitative estimate of drug-likeness (QED) is 0.601. The van der Waals surface area contributed by atoms with Crippen molar-refractivity contribution in [3.8, 4) is 0 Å². The van der Waals surface area contributed by atoms with Gasteiger partial charge < -0.3 is 21.1 Å². The van der Waals surface area contributed by atoms with E-state index in [0.717, 1.165) is 22.0 Å². The molecule has 0 aliphatic heterocycles. The molecule has 2 aromatic heterocycles. The van der Waals surface area contributed by atoms with Crippen LogP contribution < -0.4 is 16.0 Å². The van der Waals surface area contributed by atoms with Gasteiger partial charge in [0.15, 0.2) is 11.5 Å². The van der Waals surface area contributed by atoms with Crippen LogP contribution in [0.1, 0.15) is 21.6 Å². The van der Waals surface area contributed by atoms with Crippen molar-refractivity contribution in [3.63, 3.8) is 0 Å². The number of aliphatic hydroxyl groups excluding tert-OH is 1. The standard InChI is InChI=1S/C19H22N6O2/c1-12-4-3-5-13-10-14(18(24-15(12)13)25(2)8-9-26)11-23-19(27)16-17(20)22-7-6-21-16/h3-7,10,26H,8-9,11H2,1-2H3,(H2,20,22)(H,23,27). The number of hydrogen-bond acceptors (Lipinski definition) is 7. The number of carbonyl (C=O) groups is 1. The molecule has 1 amide bonds. The lowest BCUT2D eigenvalue weighted by atomic mass is 10.1. The maximum atomic E-state index is 12.4. The number of amides is 1. The fraction of sp³-hybridized carbons (Fsp3) is 0.263. The van der Waals surface area contributed by atoms with E-state index in [0.29, 0.717) is 12.4 Å². The summed E-state index contributed by atoms with van der Waals surface area (Å²) in [5.41, 5.74) is 8.60. The monoisotopic (exact) mass is 366 g/mol. The van der Waals surface area contributed by atoms with Crippen LogP contribution in [0.3, 0.4) is 0 Å². The van der Waals surface area contributed by atoms with Gasteiger partial charge in [-0.3, -0.25) is 4.79 Å². The van der Waals surface area contributed by atoms with Gasteiger partial charge in [-0.1, -0.05) is 18.2 Å². The predicted octanol–water partition coefficient (Wildman–Crippen LogP) is 1.27. The normalized spacial score (nSPS) is 10.8. The Balaban J connectivity index is 1.93. The number of carbonyl (C=O) groups excluding carboxylic acids is 1. The third-order valence-electron chi connectivity index (χ3n) is 4.28. The van der Waals surface area contributed by atoms with E-state index in [-0.39, 0.29) is 24.7 Å². The number of fused-ring (bicyclic) bond motifs is 1. The molecule has 2 heterocycles. The van der Waals surface area contributed by atoms with Crippen molar-refractivity contribution < 1.29 is 9.90 Å². The van der Waals surface area contributed by atoms with Crippen molar-refractivity contribution in [3.05, 3.63) is 53.5 Å². The van der Waals surface area contributed by atoms with Crippen LogP contribution in [0.4, 0.5) is 11.6 Å². The molecule has 27 heavy (non-hydrogen) atoms. The van der Waals surface area contributed by atoms with Crippen molar-refractivity contribution >= 4 is 28.4 Å². The van der Waals surface area contributed by atoms with E-state index in [1.54, 1.807) is 0 Å². The number of pyridine rings is 1. The molecule has 3 rings (SSSR count). The lowest BCUT2D eigenvalue weighted by Crippen LogP contribution is -2.28. The Morgan fingerprint density at radius 2 is 2.07 bits per heavy atom. The first kappa shape index (κ1) is 18.5. The molecule has 1 aromatic carbocycles. The number of aliphatic hydroxyl groups is 1. The molecule has 0 aliphatic carbocycles. The van der Waals surface area contributed by atoms with Gasteiger partial charge in [0.2, 0.25) is 0 Å². The van der Waals surface area contributed by atoms with Gasteiger partial charge in [0.1, 0.15) is 5.82 Å². The number of hydrogen-bond donors (Lipinski definition) is 3. The van der Waals surface area contributed by atoms with Crippen molar-refractivity contribution in [2.75, 3.05) is 30.8 Å². The number of rotatable bonds is 6. The molecule has 0 bridgehead atoms. The summed E-state index contributed by atoms with van der Waals surface area (Å²) >= 11 is 0. The summed E-state index contributed by atoms with van der Waals surface area (Å²) in [6, 6.07) is 7.96. The minimum atomic E-state index is -0.402. The highest BCUT2D eigenvalue weighted by molar-refractivity contribution is 5.96. The number of nitrogen functional groups attached to an aromatic ring is 1. The van der Waals surface area contributed by atoms with Crippen LogP contribution in [0.5, 0.6) is 0 Å². The van der Waals surface area contributed by atoms with Crippen LogP contribution in [0.15, 0.2) is 36.7 Å². The second kappa shape index (κ2) is 7.96. The molecule has 0 saturated carbocycles. The van der Waals surface area contributed by atoms with Crippen molar-refractivity contribution in [1.29, 1.82) is 0 Å². The van der Waals surface area contributed by atoms with Gasteiger partial charge in [-0.25, -0.2) is 15.0 Å². The summed E-state index contributed by atoms with van der Waals surface area (Å²) in [6.45, 7) is 2.69. The molecule has 0 spiro atoms. The fourth-order valence-electron chi connectivity index (χ4n) is 2.88. The molecule has 8 heteroatoms. The van der Waals surface area contributed by atoms with Gasteiger partial charge in [0.05, 0.1) is 12.1 Å². The van der Waals surface area contributed by atoms with E-state index in [9.17, 15) is 9.90 Å². The number of nitrogens with two attached hydrogens (primary N) is 1. The summed E-state index contributed by atoms with van der Waals surface area (Å²) in [5.74, 6) is 0.388. The summed E-state index contributed by atoms with van der Waals surface area (Å²) in [5, 5.41) is 13.1. The summed E-state index contributed by atoms with van der Waals surface area (Å²) in [6.07, 6.45) is 2.86. The van der Waals surface area contributed by atoms with Crippen molar-refractivity contribution in [2.45, 2.75) is 13.5 Å². The van der Waals surface area contributed by atoms with Crippen LogP contribution in [-0.4, -0.2) is 46.2 Å².